The summed E-state index contributed by atoms with van der Waals surface area (Å²) in [6.07, 6.45) is 0.510. The molecule has 0 unspecified atom stereocenters. The normalized spacial score (nSPS) is 16.5. The number of fused-ring (bicyclic) bond motifs is 2. The smallest absolute Gasteiger partial charge is 0.227 e. The molecule has 3 aromatic rings. The highest BCUT2D eigenvalue weighted by Gasteiger charge is 2.36. The van der Waals surface area contributed by atoms with Crippen LogP contribution in [-0.2, 0) is 10.2 Å². The Hall–Kier alpha value is -2.33. The van der Waals surface area contributed by atoms with Gasteiger partial charge in [0.1, 0.15) is 5.82 Å². The van der Waals surface area contributed by atoms with E-state index in [1.165, 1.54) is 5.56 Å². The predicted molar refractivity (Wildman–Crippen MR) is 97.6 cm³/mol. The van der Waals surface area contributed by atoms with Gasteiger partial charge in [0.2, 0.25) is 5.91 Å². The number of amides is 1. The number of H-pyrrole nitrogens is 1. The Balaban J connectivity index is 1.97. The second-order valence-corrected chi connectivity index (χ2v) is 7.40. The number of rotatable bonds is 1. The number of hydrogen-bond acceptors (Lipinski definition) is 2. The highest BCUT2D eigenvalue weighted by Crippen LogP contribution is 2.44. The zero-order valence-corrected chi connectivity index (χ0v) is 14.6. The number of aromatic amines is 1. The average molecular weight is 340 g/mol. The first kappa shape index (κ1) is 15.2. The molecule has 4 nitrogen and oxygen atoms in total. The van der Waals surface area contributed by atoms with E-state index in [9.17, 15) is 4.79 Å². The van der Waals surface area contributed by atoms with E-state index in [0.29, 0.717) is 11.4 Å². The molecule has 1 aliphatic rings. The Morgan fingerprint density at radius 1 is 1.25 bits per heavy atom. The van der Waals surface area contributed by atoms with E-state index in [1.807, 2.05) is 37.4 Å². The lowest BCUT2D eigenvalue weighted by molar-refractivity contribution is -0.119. The minimum atomic E-state index is -0.190. The van der Waals surface area contributed by atoms with Crippen molar-refractivity contribution in [2.45, 2.75) is 25.7 Å². The fourth-order valence-corrected chi connectivity index (χ4v) is 3.64. The molecule has 0 fully saturated rings. The molecule has 122 valence electrons. The molecule has 0 atom stereocenters. The predicted octanol–water partition coefficient (Wildman–Crippen LogP) is 4.53. The summed E-state index contributed by atoms with van der Waals surface area (Å²) in [4.78, 5) is 22.2. The summed E-state index contributed by atoms with van der Waals surface area (Å²) in [6.45, 7) is 4.22. The van der Waals surface area contributed by atoms with Crippen molar-refractivity contribution in [2.75, 3.05) is 11.9 Å². The van der Waals surface area contributed by atoms with Gasteiger partial charge in [0.15, 0.2) is 0 Å². The number of carbonyl (C=O) groups is 1. The Morgan fingerprint density at radius 3 is 2.83 bits per heavy atom. The molecule has 1 aliphatic heterocycles. The molecule has 1 amide bonds. The quantitative estimate of drug-likeness (QED) is 0.708. The zero-order chi connectivity index (χ0) is 17.1. The number of imidazole rings is 1. The van der Waals surface area contributed by atoms with Crippen LogP contribution in [0.3, 0.4) is 0 Å². The SMILES string of the molecule is CN1C(=O)CC(C)(C)c2cccc(-c3nc4ccc(Cl)cc4[nH]3)c21. The van der Waals surface area contributed by atoms with Gasteiger partial charge in [-0.25, -0.2) is 4.98 Å². The number of para-hydroxylation sites is 1. The van der Waals surface area contributed by atoms with E-state index in [2.05, 4.69) is 29.9 Å². The van der Waals surface area contributed by atoms with Crippen LogP contribution in [0.5, 0.6) is 0 Å². The minimum Gasteiger partial charge on any atom is -0.338 e. The fourth-order valence-electron chi connectivity index (χ4n) is 3.47. The lowest BCUT2D eigenvalue weighted by Crippen LogP contribution is -2.39. The van der Waals surface area contributed by atoms with E-state index in [-0.39, 0.29) is 11.3 Å². The van der Waals surface area contributed by atoms with Gasteiger partial charge < -0.3 is 9.88 Å². The largest absolute Gasteiger partial charge is 0.338 e. The number of nitrogens with zero attached hydrogens (tertiary/aromatic N) is 2. The van der Waals surface area contributed by atoms with Crippen LogP contribution in [0.25, 0.3) is 22.4 Å². The molecule has 0 saturated heterocycles. The molecule has 0 spiro atoms. The fraction of sp³-hybridized carbons (Fsp3) is 0.263. The standard InChI is InChI=1S/C19H18ClN3O/c1-19(2)10-16(24)23(3)17-12(5-4-6-13(17)19)18-21-14-8-7-11(20)9-15(14)22-18/h4-9H,10H2,1-3H3,(H,21,22). The van der Waals surface area contributed by atoms with Gasteiger partial charge in [-0.2, -0.15) is 0 Å². The number of anilines is 1. The number of benzene rings is 2. The monoisotopic (exact) mass is 339 g/mol. The summed E-state index contributed by atoms with van der Waals surface area (Å²) in [5.74, 6) is 0.876. The molecule has 2 aromatic carbocycles. The Bertz CT molecular complexity index is 974. The summed E-state index contributed by atoms with van der Waals surface area (Å²) >= 11 is 6.07. The Labute approximate surface area is 145 Å². The molecule has 2 heterocycles. The van der Waals surface area contributed by atoms with Crippen molar-refractivity contribution >= 4 is 34.2 Å². The Kier molecular flexibility index (Phi) is 3.22. The number of halogens is 1. The molecule has 1 aromatic heterocycles. The summed E-state index contributed by atoms with van der Waals surface area (Å²) < 4.78 is 0. The van der Waals surface area contributed by atoms with Crippen LogP contribution in [-0.4, -0.2) is 22.9 Å². The average Bonchev–Trinajstić information content (AvgIpc) is 2.94. The topological polar surface area (TPSA) is 49.0 Å². The maximum Gasteiger partial charge on any atom is 0.227 e. The summed E-state index contributed by atoms with van der Waals surface area (Å²) in [7, 11) is 1.83. The first-order chi connectivity index (χ1) is 11.4. The van der Waals surface area contributed by atoms with Gasteiger partial charge in [0.05, 0.1) is 16.7 Å². The first-order valence-corrected chi connectivity index (χ1v) is 8.30. The van der Waals surface area contributed by atoms with E-state index in [1.54, 1.807) is 4.90 Å². The van der Waals surface area contributed by atoms with E-state index in [4.69, 9.17) is 11.6 Å². The van der Waals surface area contributed by atoms with Crippen LogP contribution in [0.2, 0.25) is 5.02 Å². The van der Waals surface area contributed by atoms with E-state index >= 15 is 0 Å². The molecule has 0 aliphatic carbocycles. The summed E-state index contributed by atoms with van der Waals surface area (Å²) in [6, 6.07) is 11.7. The Morgan fingerprint density at radius 2 is 2.04 bits per heavy atom. The van der Waals surface area contributed by atoms with E-state index < -0.39 is 0 Å². The second-order valence-electron chi connectivity index (χ2n) is 6.96. The maximum atomic E-state index is 12.5. The van der Waals surface area contributed by atoms with Gasteiger partial charge in [-0.1, -0.05) is 37.6 Å². The van der Waals surface area contributed by atoms with Crippen molar-refractivity contribution in [3.8, 4) is 11.4 Å². The lowest BCUT2D eigenvalue weighted by atomic mass is 9.76. The molecule has 0 radical (unpaired) electrons. The third-order valence-corrected chi connectivity index (χ3v) is 5.00. The third kappa shape index (κ3) is 2.21. The number of hydrogen-bond donors (Lipinski definition) is 1. The second kappa shape index (κ2) is 5.08. The van der Waals surface area contributed by atoms with E-state index in [0.717, 1.165) is 28.1 Å². The number of aromatic nitrogens is 2. The van der Waals surface area contributed by atoms with Crippen molar-refractivity contribution in [3.63, 3.8) is 0 Å². The molecule has 0 bridgehead atoms. The molecule has 1 N–H and O–H groups in total. The van der Waals surface area contributed by atoms with Crippen LogP contribution < -0.4 is 4.90 Å². The number of nitrogens with one attached hydrogen (secondary N) is 1. The van der Waals surface area contributed by atoms with Gasteiger partial charge in [-0.3, -0.25) is 4.79 Å². The van der Waals surface area contributed by atoms with Crippen LogP contribution in [0, 0.1) is 0 Å². The highest BCUT2D eigenvalue weighted by atomic mass is 35.5. The van der Waals surface area contributed by atoms with Crippen molar-refractivity contribution in [1.29, 1.82) is 0 Å². The molecule has 5 heteroatoms. The molecule has 0 saturated carbocycles. The maximum absolute atomic E-state index is 12.5. The van der Waals surface area contributed by atoms with Crippen LogP contribution in [0.15, 0.2) is 36.4 Å². The third-order valence-electron chi connectivity index (χ3n) is 4.77. The van der Waals surface area contributed by atoms with Crippen molar-refractivity contribution in [1.82, 2.24) is 9.97 Å². The van der Waals surface area contributed by atoms with Crippen LogP contribution in [0.1, 0.15) is 25.8 Å². The van der Waals surface area contributed by atoms with Crippen LogP contribution in [0.4, 0.5) is 5.69 Å². The highest BCUT2D eigenvalue weighted by molar-refractivity contribution is 6.31. The van der Waals surface area contributed by atoms with Gasteiger partial charge in [-0.15, -0.1) is 0 Å². The van der Waals surface area contributed by atoms with Gasteiger partial charge in [0, 0.05) is 29.5 Å². The van der Waals surface area contributed by atoms with Crippen LogP contribution >= 0.6 is 11.6 Å². The van der Waals surface area contributed by atoms with Crippen molar-refractivity contribution in [2.24, 2.45) is 0 Å². The van der Waals surface area contributed by atoms with Crippen molar-refractivity contribution in [3.05, 3.63) is 47.0 Å². The van der Waals surface area contributed by atoms with Gasteiger partial charge in [0.25, 0.3) is 0 Å². The zero-order valence-electron chi connectivity index (χ0n) is 13.9. The van der Waals surface area contributed by atoms with Gasteiger partial charge >= 0.3 is 0 Å². The molecular weight excluding hydrogens is 322 g/mol. The summed E-state index contributed by atoms with van der Waals surface area (Å²) in [5.41, 5.74) is 4.59. The first-order valence-electron chi connectivity index (χ1n) is 7.92. The lowest BCUT2D eigenvalue weighted by Gasteiger charge is -2.37. The van der Waals surface area contributed by atoms with Gasteiger partial charge in [-0.05, 0) is 29.8 Å². The molecule has 4 rings (SSSR count). The number of carbonyl (C=O) groups excluding carboxylic acids is 1. The molecule has 24 heavy (non-hydrogen) atoms. The minimum absolute atomic E-state index is 0.124. The summed E-state index contributed by atoms with van der Waals surface area (Å²) in [5, 5.41) is 0.668. The van der Waals surface area contributed by atoms with Crippen molar-refractivity contribution < 1.29 is 4.79 Å². The molecular formula is C19H18ClN3O.